The number of rotatable bonds is 5. The van der Waals surface area contributed by atoms with Gasteiger partial charge in [-0.1, -0.05) is 11.6 Å². The molecule has 0 spiro atoms. The molecular formula is C9H11ClO4S. The summed E-state index contributed by atoms with van der Waals surface area (Å²) in [6.45, 7) is 0.821. The molecule has 0 radical (unpaired) electrons. The van der Waals surface area contributed by atoms with Crippen molar-refractivity contribution in [1.29, 1.82) is 0 Å². The molecule has 4 nitrogen and oxygen atoms in total. The van der Waals surface area contributed by atoms with Crippen molar-refractivity contribution in [2.24, 2.45) is 0 Å². The van der Waals surface area contributed by atoms with E-state index in [4.69, 9.17) is 21.1 Å². The number of esters is 1. The molecule has 15 heavy (non-hydrogen) atoms. The van der Waals surface area contributed by atoms with Crippen LogP contribution < -0.4 is 4.74 Å². The SMILES string of the molecule is COCCOc1cc(Cl)sc1C(=O)OC. The summed E-state index contributed by atoms with van der Waals surface area (Å²) in [5, 5.41) is 0. The molecule has 0 saturated heterocycles. The van der Waals surface area contributed by atoms with Gasteiger partial charge in [0.15, 0.2) is 4.88 Å². The average molecular weight is 251 g/mol. The van der Waals surface area contributed by atoms with Crippen LogP contribution in [-0.4, -0.2) is 33.4 Å². The minimum Gasteiger partial charge on any atom is -0.489 e. The van der Waals surface area contributed by atoms with Crippen LogP contribution >= 0.6 is 22.9 Å². The molecule has 1 heterocycles. The van der Waals surface area contributed by atoms with Crippen molar-refractivity contribution in [3.63, 3.8) is 0 Å². The van der Waals surface area contributed by atoms with Crippen LogP contribution in [0.25, 0.3) is 0 Å². The monoisotopic (exact) mass is 250 g/mol. The standard InChI is InChI=1S/C9H11ClO4S/c1-12-3-4-14-6-5-7(10)15-8(6)9(11)13-2/h5H,3-4H2,1-2H3. The van der Waals surface area contributed by atoms with Crippen molar-refractivity contribution in [2.45, 2.75) is 0 Å². The Balaban J connectivity index is 2.72. The number of carbonyl (C=O) groups excluding carboxylic acids is 1. The van der Waals surface area contributed by atoms with Crippen molar-refractivity contribution >= 4 is 28.9 Å². The number of hydrogen-bond acceptors (Lipinski definition) is 5. The van der Waals surface area contributed by atoms with Crippen LogP contribution in [0.2, 0.25) is 4.34 Å². The highest BCUT2D eigenvalue weighted by Crippen LogP contribution is 2.33. The number of carbonyl (C=O) groups is 1. The summed E-state index contributed by atoms with van der Waals surface area (Å²) in [5.74, 6) is -0.00628. The predicted molar refractivity (Wildman–Crippen MR) is 58.0 cm³/mol. The van der Waals surface area contributed by atoms with Gasteiger partial charge in [-0.15, -0.1) is 11.3 Å². The van der Waals surface area contributed by atoms with Crippen molar-refractivity contribution in [2.75, 3.05) is 27.4 Å². The summed E-state index contributed by atoms with van der Waals surface area (Å²) in [7, 11) is 2.89. The molecular weight excluding hydrogens is 240 g/mol. The lowest BCUT2D eigenvalue weighted by molar-refractivity contribution is 0.0600. The van der Waals surface area contributed by atoms with E-state index in [1.54, 1.807) is 13.2 Å². The van der Waals surface area contributed by atoms with Gasteiger partial charge in [0.25, 0.3) is 0 Å². The first-order valence-corrected chi connectivity index (χ1v) is 5.38. The Labute approximate surface area is 96.7 Å². The highest BCUT2D eigenvalue weighted by molar-refractivity contribution is 7.18. The molecule has 0 aromatic carbocycles. The Kier molecular flexibility index (Phi) is 4.87. The highest BCUT2D eigenvalue weighted by atomic mass is 35.5. The summed E-state index contributed by atoms with van der Waals surface area (Å²) < 4.78 is 15.2. The molecule has 0 amide bonds. The smallest absolute Gasteiger partial charge is 0.351 e. The third-order valence-corrected chi connectivity index (χ3v) is 2.81. The predicted octanol–water partition coefficient (Wildman–Crippen LogP) is 2.21. The molecule has 0 fully saturated rings. The molecule has 0 bridgehead atoms. The first-order chi connectivity index (χ1) is 7.19. The fourth-order valence-corrected chi connectivity index (χ4v) is 2.00. The van der Waals surface area contributed by atoms with E-state index in [2.05, 4.69) is 4.74 Å². The molecule has 0 saturated carbocycles. The third-order valence-electron chi connectivity index (χ3n) is 1.58. The number of hydrogen-bond donors (Lipinski definition) is 0. The summed E-state index contributed by atoms with van der Waals surface area (Å²) in [6.07, 6.45) is 0. The maximum atomic E-state index is 11.3. The van der Waals surface area contributed by atoms with Crippen LogP contribution in [0, 0.1) is 0 Å². The van der Waals surface area contributed by atoms with Gasteiger partial charge in [0.05, 0.1) is 18.1 Å². The number of methoxy groups -OCH3 is 2. The van der Waals surface area contributed by atoms with Gasteiger partial charge < -0.3 is 14.2 Å². The lowest BCUT2D eigenvalue weighted by Crippen LogP contribution is -2.07. The topological polar surface area (TPSA) is 44.8 Å². The van der Waals surface area contributed by atoms with Crippen LogP contribution in [0.5, 0.6) is 5.75 Å². The molecule has 0 aliphatic rings. The highest BCUT2D eigenvalue weighted by Gasteiger charge is 2.17. The van der Waals surface area contributed by atoms with Crippen molar-refractivity contribution < 1.29 is 19.0 Å². The maximum absolute atomic E-state index is 11.3. The second-order valence-corrected chi connectivity index (χ2v) is 4.26. The Morgan fingerprint density at radius 1 is 1.47 bits per heavy atom. The van der Waals surface area contributed by atoms with Crippen LogP contribution in [-0.2, 0) is 9.47 Å². The Morgan fingerprint density at radius 2 is 2.20 bits per heavy atom. The molecule has 0 aliphatic heterocycles. The first kappa shape index (κ1) is 12.3. The summed E-state index contributed by atoms with van der Waals surface area (Å²) >= 11 is 6.91. The molecule has 0 aliphatic carbocycles. The maximum Gasteiger partial charge on any atom is 0.351 e. The van der Waals surface area contributed by atoms with Gasteiger partial charge in [0.2, 0.25) is 0 Å². The third kappa shape index (κ3) is 3.37. The van der Waals surface area contributed by atoms with Gasteiger partial charge in [0.1, 0.15) is 12.4 Å². The first-order valence-electron chi connectivity index (χ1n) is 4.18. The quantitative estimate of drug-likeness (QED) is 0.594. The molecule has 1 aromatic rings. The van der Waals surface area contributed by atoms with Crippen molar-refractivity contribution in [1.82, 2.24) is 0 Å². The van der Waals surface area contributed by atoms with Gasteiger partial charge in [-0.2, -0.15) is 0 Å². The van der Waals surface area contributed by atoms with E-state index < -0.39 is 5.97 Å². The molecule has 84 valence electrons. The summed E-state index contributed by atoms with van der Waals surface area (Å²) in [5.41, 5.74) is 0. The molecule has 1 aromatic heterocycles. The van der Waals surface area contributed by atoms with Gasteiger partial charge in [-0.25, -0.2) is 4.79 Å². The van der Waals surface area contributed by atoms with Crippen LogP contribution in [0.1, 0.15) is 9.67 Å². The zero-order chi connectivity index (χ0) is 11.3. The summed E-state index contributed by atoms with van der Waals surface area (Å²) in [6, 6.07) is 1.59. The van der Waals surface area contributed by atoms with E-state index in [0.717, 1.165) is 11.3 Å². The zero-order valence-corrected chi connectivity index (χ0v) is 9.98. The largest absolute Gasteiger partial charge is 0.489 e. The zero-order valence-electron chi connectivity index (χ0n) is 8.41. The van der Waals surface area contributed by atoms with E-state index in [0.29, 0.717) is 28.2 Å². The van der Waals surface area contributed by atoms with Gasteiger partial charge >= 0.3 is 5.97 Å². The van der Waals surface area contributed by atoms with E-state index in [1.165, 1.54) is 7.11 Å². The van der Waals surface area contributed by atoms with Gasteiger partial charge in [-0.05, 0) is 0 Å². The van der Waals surface area contributed by atoms with Crippen LogP contribution in [0.15, 0.2) is 6.07 Å². The van der Waals surface area contributed by atoms with Crippen LogP contribution in [0.4, 0.5) is 0 Å². The minimum atomic E-state index is -0.445. The van der Waals surface area contributed by atoms with E-state index in [-0.39, 0.29) is 0 Å². The fourth-order valence-electron chi connectivity index (χ4n) is 0.923. The molecule has 0 N–H and O–H groups in total. The van der Waals surface area contributed by atoms with Crippen molar-refractivity contribution in [3.05, 3.63) is 15.3 Å². The molecule has 0 unspecified atom stereocenters. The lowest BCUT2D eigenvalue weighted by atomic mass is 10.4. The fraction of sp³-hybridized carbons (Fsp3) is 0.444. The van der Waals surface area contributed by atoms with Crippen molar-refractivity contribution in [3.8, 4) is 5.75 Å². The molecule has 6 heteroatoms. The normalized spacial score (nSPS) is 10.1. The Bertz CT molecular complexity index is 337. The lowest BCUT2D eigenvalue weighted by Gasteiger charge is -2.04. The molecule has 1 rings (SSSR count). The van der Waals surface area contributed by atoms with E-state index in [1.807, 2.05) is 0 Å². The van der Waals surface area contributed by atoms with E-state index >= 15 is 0 Å². The van der Waals surface area contributed by atoms with E-state index in [9.17, 15) is 4.79 Å². The Hall–Kier alpha value is -0.780. The molecule has 0 atom stereocenters. The summed E-state index contributed by atoms with van der Waals surface area (Å²) in [4.78, 5) is 11.7. The van der Waals surface area contributed by atoms with Crippen LogP contribution in [0.3, 0.4) is 0 Å². The second-order valence-electron chi connectivity index (χ2n) is 2.58. The van der Waals surface area contributed by atoms with Gasteiger partial charge in [0, 0.05) is 13.2 Å². The minimum absolute atomic E-state index is 0.369. The second kappa shape index (κ2) is 5.95. The number of halogens is 1. The average Bonchev–Trinajstić information content (AvgIpc) is 2.59. The van der Waals surface area contributed by atoms with Gasteiger partial charge in [-0.3, -0.25) is 0 Å². The number of ether oxygens (including phenoxy) is 3. The Morgan fingerprint density at radius 3 is 2.80 bits per heavy atom. The number of thiophene rings is 1.